The Labute approximate surface area is 119 Å². The Balaban J connectivity index is 1.94. The van der Waals surface area contributed by atoms with Crippen LogP contribution in [-0.4, -0.2) is 22.7 Å². The molecule has 4 rings (SSSR count). The third-order valence-electron chi connectivity index (χ3n) is 4.16. The number of carboxylic acid groups (broad SMARTS) is 1. The molecule has 1 fully saturated rings. The molecule has 0 bridgehead atoms. The van der Waals surface area contributed by atoms with E-state index in [9.17, 15) is 9.90 Å². The molecule has 0 aliphatic carbocycles. The van der Waals surface area contributed by atoms with Crippen LogP contribution in [0.3, 0.4) is 0 Å². The molecule has 21 heavy (non-hydrogen) atoms. The highest BCUT2D eigenvalue weighted by Gasteiger charge is 2.33. The molecule has 3 N–H and O–H groups in total. The van der Waals surface area contributed by atoms with Gasteiger partial charge in [0.2, 0.25) is 0 Å². The van der Waals surface area contributed by atoms with E-state index in [1.807, 2.05) is 0 Å². The van der Waals surface area contributed by atoms with Crippen LogP contribution >= 0.6 is 0 Å². The zero-order chi connectivity index (χ0) is 14.6. The van der Waals surface area contributed by atoms with E-state index < -0.39 is 11.9 Å². The van der Waals surface area contributed by atoms with Crippen LogP contribution in [0.25, 0.3) is 21.9 Å². The van der Waals surface area contributed by atoms with Gasteiger partial charge in [-0.15, -0.1) is 0 Å². The number of carbonyl (C=O) groups is 1. The van der Waals surface area contributed by atoms with Crippen molar-refractivity contribution < 1.29 is 23.8 Å². The van der Waals surface area contributed by atoms with Crippen LogP contribution in [0.15, 0.2) is 33.5 Å². The molecule has 2 aromatic heterocycles. The third-order valence-corrected chi connectivity index (χ3v) is 4.16. The van der Waals surface area contributed by atoms with Gasteiger partial charge in [0.1, 0.15) is 5.58 Å². The summed E-state index contributed by atoms with van der Waals surface area (Å²) < 4.78 is 10.9. The maximum atomic E-state index is 11.1. The van der Waals surface area contributed by atoms with E-state index in [4.69, 9.17) is 13.9 Å². The largest absolute Gasteiger partial charge is 0.504 e. The SMILES string of the molecule is O=C(O)C1CNC(c2c3ccoc3c(O)c3ccoc23)C1. The summed E-state index contributed by atoms with van der Waals surface area (Å²) in [6.45, 7) is 0.419. The third kappa shape index (κ3) is 1.66. The van der Waals surface area contributed by atoms with Crippen molar-refractivity contribution in [3.63, 3.8) is 0 Å². The summed E-state index contributed by atoms with van der Waals surface area (Å²) in [6, 6.07) is 3.31. The number of furan rings is 2. The Morgan fingerprint density at radius 2 is 1.90 bits per heavy atom. The van der Waals surface area contributed by atoms with Crippen molar-refractivity contribution in [2.24, 2.45) is 5.92 Å². The van der Waals surface area contributed by atoms with Crippen LogP contribution in [0.2, 0.25) is 0 Å². The van der Waals surface area contributed by atoms with Crippen molar-refractivity contribution in [3.05, 3.63) is 30.2 Å². The lowest BCUT2D eigenvalue weighted by atomic mass is 9.95. The first-order chi connectivity index (χ1) is 10.2. The predicted octanol–water partition coefficient (Wildman–Crippen LogP) is 2.62. The number of benzene rings is 1. The number of hydrogen-bond donors (Lipinski definition) is 3. The van der Waals surface area contributed by atoms with Gasteiger partial charge in [0.15, 0.2) is 11.3 Å². The zero-order valence-electron chi connectivity index (χ0n) is 11.0. The molecule has 1 saturated heterocycles. The average Bonchev–Trinajstić information content (AvgIpc) is 3.19. The number of aliphatic carboxylic acids is 1. The van der Waals surface area contributed by atoms with Gasteiger partial charge < -0.3 is 24.4 Å². The van der Waals surface area contributed by atoms with Crippen molar-refractivity contribution in [2.75, 3.05) is 6.54 Å². The molecule has 1 aromatic carbocycles. The fourth-order valence-electron chi connectivity index (χ4n) is 3.14. The first kappa shape index (κ1) is 12.3. The lowest BCUT2D eigenvalue weighted by Gasteiger charge is -2.13. The number of fused-ring (bicyclic) bond motifs is 2. The molecule has 1 aliphatic heterocycles. The monoisotopic (exact) mass is 287 g/mol. The molecular weight excluding hydrogens is 274 g/mol. The molecule has 0 radical (unpaired) electrons. The van der Waals surface area contributed by atoms with E-state index in [-0.39, 0.29) is 11.8 Å². The van der Waals surface area contributed by atoms with E-state index in [1.165, 1.54) is 12.5 Å². The van der Waals surface area contributed by atoms with Gasteiger partial charge in [0.25, 0.3) is 0 Å². The highest BCUT2D eigenvalue weighted by molar-refractivity contribution is 6.04. The summed E-state index contributed by atoms with van der Waals surface area (Å²) in [5.41, 5.74) is 1.82. The second kappa shape index (κ2) is 4.26. The Hall–Kier alpha value is -2.47. The molecular formula is C15H13NO5. The molecule has 2 atom stereocenters. The normalized spacial score (nSPS) is 22.3. The van der Waals surface area contributed by atoms with Crippen LogP contribution in [-0.2, 0) is 4.79 Å². The van der Waals surface area contributed by atoms with Crippen molar-refractivity contribution in [1.29, 1.82) is 0 Å². The molecule has 3 aromatic rings. The van der Waals surface area contributed by atoms with Crippen molar-refractivity contribution >= 4 is 27.9 Å². The Kier molecular flexibility index (Phi) is 2.49. The fraction of sp³-hybridized carbons (Fsp3) is 0.267. The molecule has 0 spiro atoms. The lowest BCUT2D eigenvalue weighted by molar-refractivity contribution is -0.141. The molecule has 3 heterocycles. The van der Waals surface area contributed by atoms with Crippen LogP contribution in [0.5, 0.6) is 5.75 Å². The van der Waals surface area contributed by atoms with E-state index in [0.717, 1.165) is 10.9 Å². The van der Waals surface area contributed by atoms with Gasteiger partial charge in [-0.1, -0.05) is 0 Å². The minimum Gasteiger partial charge on any atom is -0.504 e. The number of nitrogens with one attached hydrogen (secondary N) is 1. The lowest BCUT2D eigenvalue weighted by Crippen LogP contribution is -2.17. The topological polar surface area (TPSA) is 95.8 Å². The van der Waals surface area contributed by atoms with Gasteiger partial charge in [-0.2, -0.15) is 0 Å². The highest BCUT2D eigenvalue weighted by atomic mass is 16.4. The summed E-state index contributed by atoms with van der Waals surface area (Å²) in [6.07, 6.45) is 3.50. The second-order valence-corrected chi connectivity index (χ2v) is 5.32. The second-order valence-electron chi connectivity index (χ2n) is 5.32. The molecule has 0 saturated carbocycles. The maximum absolute atomic E-state index is 11.1. The van der Waals surface area contributed by atoms with Gasteiger partial charge in [0, 0.05) is 23.5 Å². The molecule has 6 heteroatoms. The summed E-state index contributed by atoms with van der Waals surface area (Å²) in [7, 11) is 0. The van der Waals surface area contributed by atoms with Gasteiger partial charge in [-0.05, 0) is 18.6 Å². The van der Waals surface area contributed by atoms with Crippen LogP contribution in [0.4, 0.5) is 0 Å². The van der Waals surface area contributed by atoms with E-state index >= 15 is 0 Å². The number of aromatic hydroxyl groups is 1. The van der Waals surface area contributed by atoms with E-state index in [1.54, 1.807) is 12.1 Å². The van der Waals surface area contributed by atoms with E-state index in [0.29, 0.717) is 29.5 Å². The average molecular weight is 287 g/mol. The smallest absolute Gasteiger partial charge is 0.307 e. The van der Waals surface area contributed by atoms with Gasteiger partial charge in [-0.3, -0.25) is 4.79 Å². The van der Waals surface area contributed by atoms with Crippen molar-refractivity contribution in [2.45, 2.75) is 12.5 Å². The summed E-state index contributed by atoms with van der Waals surface area (Å²) in [5.74, 6) is -1.17. The number of rotatable bonds is 2. The predicted molar refractivity (Wildman–Crippen MR) is 74.1 cm³/mol. The molecule has 6 nitrogen and oxygen atoms in total. The number of hydrogen-bond acceptors (Lipinski definition) is 5. The quantitative estimate of drug-likeness (QED) is 0.670. The summed E-state index contributed by atoms with van der Waals surface area (Å²) >= 11 is 0. The molecule has 2 unspecified atom stereocenters. The zero-order valence-corrected chi connectivity index (χ0v) is 11.0. The summed E-state index contributed by atoms with van der Waals surface area (Å²) in [5, 5.41) is 23.9. The van der Waals surface area contributed by atoms with Gasteiger partial charge in [0.05, 0.1) is 23.8 Å². The maximum Gasteiger partial charge on any atom is 0.307 e. The van der Waals surface area contributed by atoms with Crippen LogP contribution < -0.4 is 5.32 Å². The van der Waals surface area contributed by atoms with Crippen LogP contribution in [0, 0.1) is 5.92 Å². The van der Waals surface area contributed by atoms with E-state index in [2.05, 4.69) is 5.32 Å². The molecule has 1 aliphatic rings. The number of carboxylic acids is 1. The fourth-order valence-corrected chi connectivity index (χ4v) is 3.14. The van der Waals surface area contributed by atoms with Crippen molar-refractivity contribution in [3.8, 4) is 5.75 Å². The van der Waals surface area contributed by atoms with Crippen molar-refractivity contribution in [1.82, 2.24) is 5.32 Å². The first-order valence-electron chi connectivity index (χ1n) is 6.72. The van der Waals surface area contributed by atoms with Gasteiger partial charge >= 0.3 is 5.97 Å². The Bertz CT molecular complexity index is 795. The summed E-state index contributed by atoms with van der Waals surface area (Å²) in [4.78, 5) is 11.1. The highest BCUT2D eigenvalue weighted by Crippen LogP contribution is 2.43. The Morgan fingerprint density at radius 1 is 1.19 bits per heavy atom. The van der Waals surface area contributed by atoms with Gasteiger partial charge in [-0.25, -0.2) is 0 Å². The molecule has 0 amide bonds. The Morgan fingerprint density at radius 3 is 2.62 bits per heavy atom. The van der Waals surface area contributed by atoms with Crippen LogP contribution in [0.1, 0.15) is 18.0 Å². The first-order valence-corrected chi connectivity index (χ1v) is 6.72. The number of phenols is 1. The molecule has 108 valence electrons. The standard InChI is InChI=1S/C15H13NO5/c17-12-9-2-4-20-13(9)11(8-1-3-21-14(8)12)10-5-7(6-16-10)15(18)19/h1-4,7,10,16-17H,5-6H2,(H,18,19). The minimum atomic E-state index is -0.803. The number of phenolic OH excluding ortho intramolecular Hbond substituents is 1. The minimum absolute atomic E-state index is 0.0512.